The van der Waals surface area contributed by atoms with Crippen molar-refractivity contribution < 1.29 is 4.39 Å². The molecular weight excluding hydrogens is 234 g/mol. The molecule has 2 rings (SSSR count). The van der Waals surface area contributed by atoms with Crippen molar-refractivity contribution in [3.05, 3.63) is 34.6 Å². The molecule has 1 saturated carbocycles. The van der Waals surface area contributed by atoms with Crippen LogP contribution in [0.5, 0.6) is 0 Å². The number of benzene rings is 1. The third-order valence-corrected chi connectivity index (χ3v) is 3.69. The van der Waals surface area contributed by atoms with Crippen LogP contribution in [-0.2, 0) is 6.42 Å². The minimum Gasteiger partial charge on any atom is -0.205 e. The molecule has 0 amide bonds. The topological polar surface area (TPSA) is 0 Å². The Balaban J connectivity index is 1.89. The van der Waals surface area contributed by atoms with Crippen LogP contribution in [0.2, 0.25) is 5.02 Å². The van der Waals surface area contributed by atoms with E-state index in [1.807, 2.05) is 0 Å². The quantitative estimate of drug-likeness (QED) is 0.690. The van der Waals surface area contributed by atoms with Gasteiger partial charge in [0.15, 0.2) is 0 Å². The number of hydrogen-bond donors (Lipinski definition) is 0. The van der Waals surface area contributed by atoms with Crippen LogP contribution >= 0.6 is 23.2 Å². The first-order valence-corrected chi connectivity index (χ1v) is 6.06. The van der Waals surface area contributed by atoms with Gasteiger partial charge in [0.1, 0.15) is 5.82 Å². The van der Waals surface area contributed by atoms with E-state index in [9.17, 15) is 4.39 Å². The molecule has 0 radical (unpaired) electrons. The van der Waals surface area contributed by atoms with Gasteiger partial charge in [0, 0.05) is 5.38 Å². The van der Waals surface area contributed by atoms with Gasteiger partial charge in [-0.25, -0.2) is 4.39 Å². The summed E-state index contributed by atoms with van der Waals surface area (Å²) in [5, 5.41) is 0.471. The molecular formula is C12H13Cl2F. The molecule has 1 aliphatic carbocycles. The van der Waals surface area contributed by atoms with Crippen LogP contribution in [0.15, 0.2) is 18.2 Å². The molecule has 1 aromatic carbocycles. The Labute approximate surface area is 99.4 Å². The van der Waals surface area contributed by atoms with Gasteiger partial charge in [-0.05, 0) is 49.3 Å². The van der Waals surface area contributed by atoms with E-state index < -0.39 is 0 Å². The highest BCUT2D eigenvalue weighted by Crippen LogP contribution is 2.37. The van der Waals surface area contributed by atoms with Crippen LogP contribution in [0.25, 0.3) is 0 Å². The Bertz CT molecular complexity index is 347. The first kappa shape index (κ1) is 11.2. The third kappa shape index (κ3) is 3.09. The van der Waals surface area contributed by atoms with Gasteiger partial charge in [-0.2, -0.15) is 0 Å². The van der Waals surface area contributed by atoms with Crippen molar-refractivity contribution in [3.8, 4) is 0 Å². The summed E-state index contributed by atoms with van der Waals surface area (Å²) in [6.07, 6.45) is 4.36. The fourth-order valence-electron chi connectivity index (χ4n) is 1.69. The summed E-state index contributed by atoms with van der Waals surface area (Å²) in [5.41, 5.74) is 1.06. The highest BCUT2D eigenvalue weighted by Gasteiger charge is 2.29. The molecule has 0 heterocycles. The number of aryl methyl sites for hydroxylation is 1. The number of halogens is 3. The highest BCUT2D eigenvalue weighted by molar-refractivity contribution is 6.30. The largest absolute Gasteiger partial charge is 0.205 e. The van der Waals surface area contributed by atoms with Gasteiger partial charge in [-0.1, -0.05) is 17.7 Å². The summed E-state index contributed by atoms with van der Waals surface area (Å²) in [4.78, 5) is 0. The smallest absolute Gasteiger partial charge is 0.141 e. The van der Waals surface area contributed by atoms with Gasteiger partial charge in [-0.15, -0.1) is 11.6 Å². The van der Waals surface area contributed by atoms with Gasteiger partial charge >= 0.3 is 0 Å². The molecule has 1 aliphatic rings. The van der Waals surface area contributed by atoms with Gasteiger partial charge in [0.2, 0.25) is 0 Å². The second kappa shape index (κ2) is 4.71. The maximum absolute atomic E-state index is 12.9. The van der Waals surface area contributed by atoms with Crippen molar-refractivity contribution in [3.63, 3.8) is 0 Å². The summed E-state index contributed by atoms with van der Waals surface area (Å²) in [6, 6.07) is 4.88. The van der Waals surface area contributed by atoms with Crippen LogP contribution in [0.1, 0.15) is 24.8 Å². The molecule has 82 valence electrons. The van der Waals surface area contributed by atoms with Crippen molar-refractivity contribution >= 4 is 23.2 Å². The lowest BCUT2D eigenvalue weighted by Gasteiger charge is -2.07. The number of hydrogen-bond acceptors (Lipinski definition) is 0. The summed E-state index contributed by atoms with van der Waals surface area (Å²) in [7, 11) is 0. The third-order valence-electron chi connectivity index (χ3n) is 2.83. The van der Waals surface area contributed by atoms with E-state index >= 15 is 0 Å². The van der Waals surface area contributed by atoms with E-state index in [0.717, 1.165) is 18.4 Å². The van der Waals surface area contributed by atoms with Crippen molar-refractivity contribution in [2.45, 2.75) is 31.1 Å². The Morgan fingerprint density at radius 3 is 2.73 bits per heavy atom. The molecule has 1 unspecified atom stereocenters. The van der Waals surface area contributed by atoms with E-state index in [-0.39, 0.29) is 16.2 Å². The molecule has 1 aromatic rings. The lowest BCUT2D eigenvalue weighted by molar-refractivity contribution is 0.626. The summed E-state index contributed by atoms with van der Waals surface area (Å²) >= 11 is 11.9. The van der Waals surface area contributed by atoms with E-state index in [1.54, 1.807) is 12.1 Å². The Morgan fingerprint density at radius 1 is 1.40 bits per heavy atom. The van der Waals surface area contributed by atoms with E-state index in [0.29, 0.717) is 5.92 Å². The second-order valence-electron chi connectivity index (χ2n) is 4.14. The first-order chi connectivity index (χ1) is 7.16. The molecule has 0 nitrogen and oxygen atoms in total. The van der Waals surface area contributed by atoms with Crippen LogP contribution in [0.3, 0.4) is 0 Å². The van der Waals surface area contributed by atoms with Crippen molar-refractivity contribution in [1.82, 2.24) is 0 Å². The van der Waals surface area contributed by atoms with Crippen LogP contribution in [0, 0.1) is 11.7 Å². The van der Waals surface area contributed by atoms with E-state index in [1.165, 1.54) is 18.9 Å². The van der Waals surface area contributed by atoms with Crippen LogP contribution in [0.4, 0.5) is 4.39 Å². The summed E-state index contributed by atoms with van der Waals surface area (Å²) in [5.74, 6) is 0.354. The highest BCUT2D eigenvalue weighted by atomic mass is 35.5. The zero-order chi connectivity index (χ0) is 10.8. The molecule has 1 fully saturated rings. The fraction of sp³-hybridized carbons (Fsp3) is 0.500. The Hall–Kier alpha value is -0.270. The first-order valence-electron chi connectivity index (χ1n) is 5.25. The van der Waals surface area contributed by atoms with Crippen molar-refractivity contribution in [1.29, 1.82) is 0 Å². The maximum atomic E-state index is 12.9. The Kier molecular flexibility index (Phi) is 3.53. The minimum atomic E-state index is -0.356. The average Bonchev–Trinajstić information content (AvgIpc) is 3.03. The van der Waals surface area contributed by atoms with Crippen molar-refractivity contribution in [2.75, 3.05) is 0 Å². The predicted molar refractivity (Wildman–Crippen MR) is 62.1 cm³/mol. The normalized spacial score (nSPS) is 17.8. The van der Waals surface area contributed by atoms with Gasteiger partial charge in [-0.3, -0.25) is 0 Å². The van der Waals surface area contributed by atoms with Gasteiger partial charge in [0.05, 0.1) is 5.02 Å². The SMILES string of the molecule is Fc1ccc(CCC(Cl)C2CC2)cc1Cl. The molecule has 0 aliphatic heterocycles. The fourth-order valence-corrected chi connectivity index (χ4v) is 2.26. The van der Waals surface area contributed by atoms with E-state index in [2.05, 4.69) is 0 Å². The van der Waals surface area contributed by atoms with Crippen LogP contribution < -0.4 is 0 Å². The van der Waals surface area contributed by atoms with Crippen LogP contribution in [-0.4, -0.2) is 5.38 Å². The molecule has 0 N–H and O–H groups in total. The van der Waals surface area contributed by atoms with E-state index in [4.69, 9.17) is 23.2 Å². The minimum absolute atomic E-state index is 0.199. The molecule has 0 saturated heterocycles. The van der Waals surface area contributed by atoms with Crippen molar-refractivity contribution in [2.24, 2.45) is 5.92 Å². The zero-order valence-electron chi connectivity index (χ0n) is 8.35. The van der Waals surface area contributed by atoms with Gasteiger partial charge < -0.3 is 0 Å². The predicted octanol–water partition coefficient (Wildman–Crippen LogP) is 4.43. The molecule has 0 spiro atoms. The average molecular weight is 247 g/mol. The van der Waals surface area contributed by atoms with Gasteiger partial charge in [0.25, 0.3) is 0 Å². The molecule has 0 aromatic heterocycles. The molecule has 0 bridgehead atoms. The Morgan fingerprint density at radius 2 is 2.13 bits per heavy atom. The molecule has 1 atom stereocenters. The summed E-state index contributed by atoms with van der Waals surface area (Å²) < 4.78 is 12.9. The summed E-state index contributed by atoms with van der Waals surface area (Å²) in [6.45, 7) is 0. The zero-order valence-corrected chi connectivity index (χ0v) is 9.86. The lowest BCUT2D eigenvalue weighted by Crippen LogP contribution is -2.03. The lowest BCUT2D eigenvalue weighted by atomic mass is 10.1. The standard InChI is InChI=1S/C12H13Cl2F/c13-10(9-3-4-9)5-1-8-2-6-12(15)11(14)7-8/h2,6-7,9-10H,1,3-5H2. The number of alkyl halides is 1. The monoisotopic (exact) mass is 246 g/mol. The molecule has 15 heavy (non-hydrogen) atoms. The molecule has 3 heteroatoms. The number of rotatable bonds is 4. The maximum Gasteiger partial charge on any atom is 0.141 e. The second-order valence-corrected chi connectivity index (χ2v) is 5.11.